The fourth-order valence-corrected chi connectivity index (χ4v) is 1.10. The van der Waals surface area contributed by atoms with Crippen molar-refractivity contribution in [3.8, 4) is 0 Å². The van der Waals surface area contributed by atoms with E-state index < -0.39 is 24.4 Å². The van der Waals surface area contributed by atoms with Crippen molar-refractivity contribution in [2.75, 3.05) is 6.61 Å². The average Bonchev–Trinajstić information content (AvgIpc) is 2.11. The van der Waals surface area contributed by atoms with Crippen LogP contribution in [0.15, 0.2) is 0 Å². The SMILES string of the molecule is CCOC(=O)[C@H](N)[C@@H](O)C1OC(C)O1. The molecule has 2 atom stereocenters. The standard InChI is InChI=1S/C8H15NO5/c1-3-12-7(11)5(9)6(10)8-13-4(2)14-8/h4-6,8,10H,3,9H2,1-2H3/t4?,5-,6-,8?/m1/s1. The molecule has 0 bridgehead atoms. The van der Waals surface area contributed by atoms with Crippen LogP contribution in [0.5, 0.6) is 0 Å². The van der Waals surface area contributed by atoms with E-state index in [1.165, 1.54) is 0 Å². The number of aliphatic hydroxyl groups excluding tert-OH is 1. The zero-order chi connectivity index (χ0) is 10.7. The van der Waals surface area contributed by atoms with Crippen LogP contribution < -0.4 is 5.73 Å². The van der Waals surface area contributed by atoms with E-state index in [0.29, 0.717) is 0 Å². The van der Waals surface area contributed by atoms with E-state index in [-0.39, 0.29) is 12.9 Å². The fourth-order valence-electron chi connectivity index (χ4n) is 1.10. The number of nitrogens with two attached hydrogens (primary N) is 1. The molecule has 6 heteroatoms. The largest absolute Gasteiger partial charge is 0.465 e. The maximum Gasteiger partial charge on any atom is 0.325 e. The van der Waals surface area contributed by atoms with Crippen LogP contribution >= 0.6 is 0 Å². The molecule has 1 saturated heterocycles. The molecule has 14 heavy (non-hydrogen) atoms. The van der Waals surface area contributed by atoms with Gasteiger partial charge in [0.15, 0.2) is 12.6 Å². The number of ether oxygens (including phenoxy) is 3. The van der Waals surface area contributed by atoms with E-state index in [9.17, 15) is 9.90 Å². The van der Waals surface area contributed by atoms with Crippen molar-refractivity contribution in [2.45, 2.75) is 38.6 Å². The molecule has 0 aromatic carbocycles. The van der Waals surface area contributed by atoms with E-state index in [1.807, 2.05) is 0 Å². The Morgan fingerprint density at radius 2 is 2.21 bits per heavy atom. The second-order valence-corrected chi connectivity index (χ2v) is 2.98. The molecule has 0 unspecified atom stereocenters. The third-order valence-electron chi connectivity index (χ3n) is 1.86. The lowest BCUT2D eigenvalue weighted by Crippen LogP contribution is -2.56. The predicted octanol–water partition coefficient (Wildman–Crippen LogP) is -1.04. The highest BCUT2D eigenvalue weighted by molar-refractivity contribution is 5.76. The van der Waals surface area contributed by atoms with Gasteiger partial charge < -0.3 is 25.1 Å². The summed E-state index contributed by atoms with van der Waals surface area (Å²) in [7, 11) is 0. The minimum absolute atomic E-state index is 0.224. The maximum absolute atomic E-state index is 11.1. The number of carbonyl (C=O) groups excluding carboxylic acids is 1. The van der Waals surface area contributed by atoms with Gasteiger partial charge in [-0.05, 0) is 13.8 Å². The van der Waals surface area contributed by atoms with Crippen LogP contribution in [0.4, 0.5) is 0 Å². The summed E-state index contributed by atoms with van der Waals surface area (Å²) in [6, 6.07) is -1.13. The molecular formula is C8H15NO5. The van der Waals surface area contributed by atoms with E-state index in [2.05, 4.69) is 4.74 Å². The Morgan fingerprint density at radius 3 is 2.64 bits per heavy atom. The number of aliphatic hydroxyl groups is 1. The Labute approximate surface area is 81.9 Å². The van der Waals surface area contributed by atoms with Gasteiger partial charge in [-0.25, -0.2) is 0 Å². The van der Waals surface area contributed by atoms with Gasteiger partial charge in [0.2, 0.25) is 0 Å². The molecule has 0 saturated carbocycles. The van der Waals surface area contributed by atoms with Gasteiger partial charge in [0, 0.05) is 0 Å². The number of rotatable bonds is 4. The van der Waals surface area contributed by atoms with Gasteiger partial charge in [-0.3, -0.25) is 4.79 Å². The van der Waals surface area contributed by atoms with Gasteiger partial charge in [-0.2, -0.15) is 0 Å². The summed E-state index contributed by atoms with van der Waals surface area (Å²) in [6.45, 7) is 3.57. The normalized spacial score (nSPS) is 30.3. The lowest BCUT2D eigenvalue weighted by atomic mass is 10.1. The molecule has 6 nitrogen and oxygen atoms in total. The zero-order valence-electron chi connectivity index (χ0n) is 8.17. The average molecular weight is 205 g/mol. The van der Waals surface area contributed by atoms with E-state index in [1.54, 1.807) is 13.8 Å². The summed E-state index contributed by atoms with van der Waals surface area (Å²) in [5, 5.41) is 9.48. The molecule has 0 radical (unpaired) electrons. The van der Waals surface area contributed by atoms with Crippen LogP contribution in [0.25, 0.3) is 0 Å². The lowest BCUT2D eigenvalue weighted by molar-refractivity contribution is -0.399. The van der Waals surface area contributed by atoms with Gasteiger partial charge in [0.1, 0.15) is 12.1 Å². The summed E-state index contributed by atoms with van der Waals surface area (Å²) in [4.78, 5) is 11.1. The second kappa shape index (κ2) is 4.70. The van der Waals surface area contributed by atoms with Crippen LogP contribution in [-0.2, 0) is 19.0 Å². The molecule has 82 valence electrons. The van der Waals surface area contributed by atoms with Crippen molar-refractivity contribution < 1.29 is 24.1 Å². The van der Waals surface area contributed by atoms with E-state index >= 15 is 0 Å². The van der Waals surface area contributed by atoms with Gasteiger partial charge >= 0.3 is 5.97 Å². The molecule has 1 aliphatic heterocycles. The Bertz CT molecular complexity index is 204. The van der Waals surface area contributed by atoms with Crippen molar-refractivity contribution in [3.63, 3.8) is 0 Å². The third-order valence-corrected chi connectivity index (χ3v) is 1.86. The first-order chi connectivity index (χ1) is 6.56. The summed E-state index contributed by atoms with van der Waals surface area (Å²) >= 11 is 0. The van der Waals surface area contributed by atoms with Crippen LogP contribution in [0.3, 0.4) is 0 Å². The number of hydrogen-bond acceptors (Lipinski definition) is 6. The Hall–Kier alpha value is -0.690. The smallest absolute Gasteiger partial charge is 0.325 e. The molecular weight excluding hydrogens is 190 g/mol. The molecule has 0 spiro atoms. The van der Waals surface area contributed by atoms with Crippen molar-refractivity contribution in [1.29, 1.82) is 0 Å². The zero-order valence-corrected chi connectivity index (χ0v) is 8.17. The summed E-state index contributed by atoms with van der Waals surface area (Å²) in [5.41, 5.74) is 5.42. The first-order valence-electron chi connectivity index (χ1n) is 4.47. The monoisotopic (exact) mass is 205 g/mol. The number of hydrogen-bond donors (Lipinski definition) is 2. The molecule has 1 aliphatic rings. The molecule has 0 amide bonds. The molecule has 0 aromatic heterocycles. The highest BCUT2D eigenvalue weighted by Crippen LogP contribution is 2.20. The minimum Gasteiger partial charge on any atom is -0.465 e. The van der Waals surface area contributed by atoms with Gasteiger partial charge in [-0.1, -0.05) is 0 Å². The first kappa shape index (κ1) is 11.4. The quantitative estimate of drug-likeness (QED) is 0.569. The highest BCUT2D eigenvalue weighted by Gasteiger charge is 2.39. The molecule has 1 heterocycles. The highest BCUT2D eigenvalue weighted by atomic mass is 16.9. The van der Waals surface area contributed by atoms with Crippen LogP contribution in [0.2, 0.25) is 0 Å². The van der Waals surface area contributed by atoms with Crippen LogP contribution in [0, 0.1) is 0 Å². The van der Waals surface area contributed by atoms with Gasteiger partial charge in [0.05, 0.1) is 6.61 Å². The van der Waals surface area contributed by atoms with E-state index in [0.717, 1.165) is 0 Å². The number of esters is 1. The van der Waals surface area contributed by atoms with Crippen molar-refractivity contribution in [1.82, 2.24) is 0 Å². The molecule has 1 fully saturated rings. The Kier molecular flexibility index (Phi) is 3.82. The van der Waals surface area contributed by atoms with Crippen molar-refractivity contribution in [2.24, 2.45) is 5.73 Å². The topological polar surface area (TPSA) is 91.0 Å². The van der Waals surface area contributed by atoms with Crippen molar-refractivity contribution >= 4 is 5.97 Å². The second-order valence-electron chi connectivity index (χ2n) is 2.98. The molecule has 3 N–H and O–H groups in total. The molecule has 0 aliphatic carbocycles. The summed E-state index contributed by atoms with van der Waals surface area (Å²) < 4.78 is 14.6. The summed E-state index contributed by atoms with van der Waals surface area (Å²) in [6.07, 6.45) is -2.38. The predicted molar refractivity (Wildman–Crippen MR) is 46.0 cm³/mol. The Morgan fingerprint density at radius 1 is 1.64 bits per heavy atom. The fraction of sp³-hybridized carbons (Fsp3) is 0.875. The molecule has 0 aromatic rings. The van der Waals surface area contributed by atoms with Crippen LogP contribution in [-0.4, -0.2) is 42.4 Å². The minimum atomic E-state index is -1.19. The Balaban J connectivity index is 2.36. The third kappa shape index (κ3) is 2.42. The van der Waals surface area contributed by atoms with Gasteiger partial charge in [0.25, 0.3) is 0 Å². The van der Waals surface area contributed by atoms with Crippen molar-refractivity contribution in [3.05, 3.63) is 0 Å². The van der Waals surface area contributed by atoms with E-state index in [4.69, 9.17) is 15.2 Å². The summed E-state index contributed by atoms with van der Waals surface area (Å²) in [5.74, 6) is -0.660. The van der Waals surface area contributed by atoms with Crippen LogP contribution in [0.1, 0.15) is 13.8 Å². The first-order valence-corrected chi connectivity index (χ1v) is 4.47. The maximum atomic E-state index is 11.1. The van der Waals surface area contributed by atoms with Gasteiger partial charge in [-0.15, -0.1) is 0 Å². The number of carbonyl (C=O) groups is 1. The lowest BCUT2D eigenvalue weighted by Gasteiger charge is -2.37. The molecule has 1 rings (SSSR count).